The highest BCUT2D eigenvalue weighted by Gasteiger charge is 2.14. The van der Waals surface area contributed by atoms with E-state index < -0.39 is 0 Å². The van der Waals surface area contributed by atoms with E-state index in [0.717, 1.165) is 11.3 Å². The molecule has 0 aliphatic carbocycles. The van der Waals surface area contributed by atoms with Gasteiger partial charge in [0.1, 0.15) is 15.7 Å². The Kier molecular flexibility index (Phi) is 6.00. The van der Waals surface area contributed by atoms with Crippen LogP contribution in [-0.4, -0.2) is 37.6 Å². The van der Waals surface area contributed by atoms with E-state index in [1.807, 2.05) is 12.3 Å². The monoisotopic (exact) mass is 419 g/mol. The molecule has 3 aromatic heterocycles. The van der Waals surface area contributed by atoms with Gasteiger partial charge in [-0.3, -0.25) is 14.3 Å². The highest BCUT2D eigenvalue weighted by molar-refractivity contribution is 7.17. The highest BCUT2D eigenvalue weighted by atomic mass is 35.5. The lowest BCUT2D eigenvalue weighted by Crippen LogP contribution is -2.26. The smallest absolute Gasteiger partial charge is 0.268 e. The Morgan fingerprint density at radius 1 is 1.46 bits per heavy atom. The fourth-order valence-electron chi connectivity index (χ4n) is 2.80. The van der Waals surface area contributed by atoms with Gasteiger partial charge >= 0.3 is 0 Å². The summed E-state index contributed by atoms with van der Waals surface area (Å²) in [5.74, 6) is 0.635. The van der Waals surface area contributed by atoms with Crippen LogP contribution >= 0.6 is 22.9 Å². The molecule has 3 heterocycles. The second kappa shape index (κ2) is 8.28. The number of nitrogens with zero attached hydrogens (tertiary/aromatic N) is 4. The number of aromatic nitrogens is 4. The van der Waals surface area contributed by atoms with Crippen LogP contribution in [0.1, 0.15) is 30.9 Å². The largest absolute Gasteiger partial charge is 0.335 e. The molecule has 0 atom stereocenters. The Morgan fingerprint density at radius 3 is 2.93 bits per heavy atom. The predicted octanol–water partition coefficient (Wildman–Crippen LogP) is 3.47. The van der Waals surface area contributed by atoms with Crippen molar-refractivity contribution in [2.24, 2.45) is 5.92 Å². The quantitative estimate of drug-likeness (QED) is 0.620. The summed E-state index contributed by atoms with van der Waals surface area (Å²) in [6, 6.07) is 1.79. The lowest BCUT2D eigenvalue weighted by molar-refractivity contribution is -0.125. The second-order valence-corrected chi connectivity index (χ2v) is 8.32. The van der Waals surface area contributed by atoms with Gasteiger partial charge in [0.25, 0.3) is 5.56 Å². The van der Waals surface area contributed by atoms with Crippen LogP contribution in [0.2, 0.25) is 5.15 Å². The van der Waals surface area contributed by atoms with Crippen LogP contribution in [0.5, 0.6) is 0 Å². The molecule has 148 valence electrons. The molecule has 0 spiro atoms. The van der Waals surface area contributed by atoms with Crippen molar-refractivity contribution in [2.75, 3.05) is 7.05 Å². The van der Waals surface area contributed by atoms with Gasteiger partial charge in [0.05, 0.1) is 17.8 Å². The van der Waals surface area contributed by atoms with Gasteiger partial charge in [0.15, 0.2) is 0 Å². The number of thiophene rings is 1. The summed E-state index contributed by atoms with van der Waals surface area (Å²) in [6.45, 7) is 6.95. The molecular weight excluding hydrogens is 398 g/mol. The number of hydrogen-bond acceptors (Lipinski definition) is 5. The van der Waals surface area contributed by atoms with Crippen molar-refractivity contribution >= 4 is 45.1 Å². The van der Waals surface area contributed by atoms with Gasteiger partial charge in [-0.25, -0.2) is 4.98 Å². The molecule has 0 saturated heterocycles. The molecule has 3 aromatic rings. The van der Waals surface area contributed by atoms with Gasteiger partial charge in [-0.2, -0.15) is 5.10 Å². The summed E-state index contributed by atoms with van der Waals surface area (Å²) in [5.41, 5.74) is 1.95. The molecule has 0 aromatic carbocycles. The lowest BCUT2D eigenvalue weighted by atomic mass is 10.2. The Balaban J connectivity index is 1.73. The van der Waals surface area contributed by atoms with E-state index in [0.29, 0.717) is 33.7 Å². The zero-order valence-electron chi connectivity index (χ0n) is 16.2. The fraction of sp³-hybridized carbons (Fsp3) is 0.368. The van der Waals surface area contributed by atoms with Gasteiger partial charge in [0, 0.05) is 25.2 Å². The molecule has 1 N–H and O–H groups in total. The summed E-state index contributed by atoms with van der Waals surface area (Å²) in [4.78, 5) is 33.1. The molecule has 0 aliphatic rings. The zero-order chi connectivity index (χ0) is 20.4. The first-order valence-electron chi connectivity index (χ1n) is 8.88. The lowest BCUT2D eigenvalue weighted by Gasteiger charge is -2.14. The topological polar surface area (TPSA) is 83.9 Å². The van der Waals surface area contributed by atoms with E-state index in [-0.39, 0.29) is 18.0 Å². The maximum atomic E-state index is 12.5. The minimum Gasteiger partial charge on any atom is -0.335 e. The number of fused-ring (bicyclic) bond motifs is 1. The van der Waals surface area contributed by atoms with Crippen molar-refractivity contribution in [3.05, 3.63) is 50.1 Å². The minimum absolute atomic E-state index is 0.189. The first-order valence-corrected chi connectivity index (χ1v) is 10.1. The number of hydrogen-bond donors (Lipinski definition) is 1. The van der Waals surface area contributed by atoms with Gasteiger partial charge < -0.3 is 9.88 Å². The molecule has 0 fully saturated rings. The number of nitrogens with one attached hydrogen (secondary N) is 1. The maximum Gasteiger partial charge on any atom is 0.268 e. The summed E-state index contributed by atoms with van der Waals surface area (Å²) in [5, 5.41) is 6.77. The van der Waals surface area contributed by atoms with E-state index in [1.54, 1.807) is 23.9 Å². The van der Waals surface area contributed by atoms with E-state index in [1.165, 1.54) is 22.3 Å². The number of H-pyrrole nitrogens is 1. The van der Waals surface area contributed by atoms with Crippen LogP contribution in [0.15, 0.2) is 22.3 Å². The number of rotatable bonds is 6. The normalized spacial score (nSPS) is 11.8. The number of aromatic amines is 1. The Bertz CT molecular complexity index is 1100. The highest BCUT2D eigenvalue weighted by Crippen LogP contribution is 2.22. The van der Waals surface area contributed by atoms with Crippen molar-refractivity contribution in [1.29, 1.82) is 0 Å². The van der Waals surface area contributed by atoms with Crippen LogP contribution in [-0.2, 0) is 17.9 Å². The Hall–Kier alpha value is -2.45. The average molecular weight is 420 g/mol. The molecule has 0 bridgehead atoms. The predicted molar refractivity (Wildman–Crippen MR) is 113 cm³/mol. The van der Waals surface area contributed by atoms with E-state index in [2.05, 4.69) is 28.9 Å². The van der Waals surface area contributed by atoms with Gasteiger partial charge in [-0.1, -0.05) is 25.4 Å². The summed E-state index contributed by atoms with van der Waals surface area (Å²) in [7, 11) is 1.65. The van der Waals surface area contributed by atoms with Crippen LogP contribution in [0.4, 0.5) is 0 Å². The molecule has 0 saturated carbocycles. The maximum absolute atomic E-state index is 12.5. The average Bonchev–Trinajstić information content (AvgIpc) is 3.18. The summed E-state index contributed by atoms with van der Waals surface area (Å²) >= 11 is 7.75. The SMILES string of the molecule is Cc1nn(CC(C)C)c(Cl)c1/C=C/C(=O)N(C)Cc1nc2ccsc2c(=O)[nH]1. The van der Waals surface area contributed by atoms with Crippen molar-refractivity contribution in [2.45, 2.75) is 33.9 Å². The minimum atomic E-state index is -0.222. The van der Waals surface area contributed by atoms with Gasteiger partial charge in [-0.15, -0.1) is 11.3 Å². The molecule has 7 nitrogen and oxygen atoms in total. The third-order valence-corrected chi connectivity index (χ3v) is 5.47. The van der Waals surface area contributed by atoms with Crippen molar-refractivity contribution in [3.8, 4) is 0 Å². The van der Waals surface area contributed by atoms with Crippen molar-refractivity contribution in [1.82, 2.24) is 24.6 Å². The van der Waals surface area contributed by atoms with E-state index in [9.17, 15) is 9.59 Å². The molecule has 9 heteroatoms. The molecule has 3 rings (SSSR count). The summed E-state index contributed by atoms with van der Waals surface area (Å²) < 4.78 is 2.33. The third-order valence-electron chi connectivity index (χ3n) is 4.17. The van der Waals surface area contributed by atoms with Crippen LogP contribution in [0.25, 0.3) is 16.3 Å². The molecule has 0 unspecified atom stereocenters. The second-order valence-electron chi connectivity index (χ2n) is 7.04. The standard InChI is InChI=1S/C19H22ClN5O2S/c1-11(2)9-25-18(20)13(12(3)23-25)5-6-16(26)24(4)10-15-21-14-7-8-28-17(14)19(27)22-15/h5-8,11H,9-10H2,1-4H3,(H,21,22,27)/b6-5+. The molecular formula is C19H22ClN5O2S. The molecule has 0 aliphatic heterocycles. The van der Waals surface area contributed by atoms with Crippen molar-refractivity contribution < 1.29 is 4.79 Å². The molecule has 28 heavy (non-hydrogen) atoms. The third kappa shape index (κ3) is 4.34. The summed E-state index contributed by atoms with van der Waals surface area (Å²) in [6.07, 6.45) is 3.13. The number of carbonyl (C=O) groups is 1. The number of likely N-dealkylation sites (N-methyl/N-ethyl adjacent to an activating group) is 1. The van der Waals surface area contributed by atoms with E-state index >= 15 is 0 Å². The molecule has 1 amide bonds. The van der Waals surface area contributed by atoms with Crippen molar-refractivity contribution in [3.63, 3.8) is 0 Å². The zero-order valence-corrected chi connectivity index (χ0v) is 17.8. The Morgan fingerprint density at radius 2 is 2.21 bits per heavy atom. The molecule has 0 radical (unpaired) electrons. The number of aryl methyl sites for hydroxylation is 1. The van der Waals surface area contributed by atoms with Crippen LogP contribution in [0, 0.1) is 12.8 Å². The number of amides is 1. The fourth-order valence-corrected chi connectivity index (χ4v) is 3.84. The van der Waals surface area contributed by atoms with Crippen LogP contribution < -0.4 is 5.56 Å². The Labute approximate surface area is 171 Å². The van der Waals surface area contributed by atoms with Gasteiger partial charge in [-0.05, 0) is 30.4 Å². The number of halogens is 1. The van der Waals surface area contributed by atoms with Gasteiger partial charge in [0.2, 0.25) is 5.91 Å². The number of carbonyl (C=O) groups excluding carboxylic acids is 1. The first kappa shape index (κ1) is 20.3. The van der Waals surface area contributed by atoms with Crippen LogP contribution in [0.3, 0.4) is 0 Å². The van der Waals surface area contributed by atoms with E-state index in [4.69, 9.17) is 11.6 Å². The first-order chi connectivity index (χ1) is 13.3.